The van der Waals surface area contributed by atoms with E-state index in [4.69, 9.17) is 11.6 Å². The van der Waals surface area contributed by atoms with Gasteiger partial charge in [-0.1, -0.05) is 65.8 Å². The summed E-state index contributed by atoms with van der Waals surface area (Å²) >= 11 is 7.69. The van der Waals surface area contributed by atoms with Crippen molar-refractivity contribution in [1.82, 2.24) is 15.0 Å². The lowest BCUT2D eigenvalue weighted by atomic mass is 10.2. The van der Waals surface area contributed by atoms with Crippen LogP contribution in [0.4, 0.5) is 0 Å². The monoisotopic (exact) mass is 450 g/mol. The van der Waals surface area contributed by atoms with E-state index in [0.717, 1.165) is 21.8 Å². The number of hydrogen-bond acceptors (Lipinski definition) is 5. The van der Waals surface area contributed by atoms with Gasteiger partial charge in [-0.15, -0.1) is 0 Å². The zero-order valence-electron chi connectivity index (χ0n) is 16.4. The number of aromatic nitrogens is 2. The summed E-state index contributed by atoms with van der Waals surface area (Å²) in [6.45, 7) is 0.555. The Morgan fingerprint density at radius 2 is 1.94 bits per heavy atom. The van der Waals surface area contributed by atoms with Crippen LogP contribution in [0.15, 0.2) is 83.1 Å². The van der Waals surface area contributed by atoms with Gasteiger partial charge in [0, 0.05) is 5.02 Å². The minimum atomic E-state index is -0.252. The number of thioether (sulfide) groups is 1. The van der Waals surface area contributed by atoms with Gasteiger partial charge in [0.05, 0.1) is 29.5 Å². The number of nitrogens with zero attached hydrogens (tertiary/aromatic N) is 3. The van der Waals surface area contributed by atoms with Crippen LogP contribution >= 0.6 is 23.4 Å². The van der Waals surface area contributed by atoms with Crippen molar-refractivity contribution in [3.8, 4) is 5.75 Å². The molecule has 6 nitrogen and oxygen atoms in total. The Balaban J connectivity index is 1.46. The number of nitrogens with one attached hydrogen (secondary N) is 1. The summed E-state index contributed by atoms with van der Waals surface area (Å²) in [6, 6.07) is 22.2. The van der Waals surface area contributed by atoms with Crippen molar-refractivity contribution in [3.05, 3.63) is 88.9 Å². The van der Waals surface area contributed by atoms with Crippen molar-refractivity contribution in [2.45, 2.75) is 11.7 Å². The van der Waals surface area contributed by atoms with E-state index in [1.807, 2.05) is 48.5 Å². The van der Waals surface area contributed by atoms with Crippen molar-refractivity contribution in [3.63, 3.8) is 0 Å². The van der Waals surface area contributed by atoms with Gasteiger partial charge in [0.15, 0.2) is 5.16 Å². The van der Waals surface area contributed by atoms with Gasteiger partial charge in [0.2, 0.25) is 0 Å². The average molecular weight is 451 g/mol. The number of hydrogen-bond donors (Lipinski definition) is 2. The Morgan fingerprint density at radius 3 is 2.77 bits per heavy atom. The number of rotatable bonds is 7. The van der Waals surface area contributed by atoms with E-state index in [9.17, 15) is 9.90 Å². The third kappa shape index (κ3) is 5.25. The summed E-state index contributed by atoms with van der Waals surface area (Å²) in [7, 11) is 0. The molecule has 0 aliphatic rings. The fourth-order valence-electron chi connectivity index (χ4n) is 3.06. The topological polar surface area (TPSA) is 79.5 Å². The maximum atomic E-state index is 12.3. The Bertz CT molecular complexity index is 1260. The van der Waals surface area contributed by atoms with Crippen molar-refractivity contribution < 1.29 is 9.90 Å². The van der Waals surface area contributed by atoms with Crippen LogP contribution < -0.4 is 5.43 Å². The van der Waals surface area contributed by atoms with Gasteiger partial charge in [0.1, 0.15) is 5.75 Å². The number of aromatic hydroxyl groups is 1. The number of phenolic OH excluding ortho intramolecular Hbond substituents is 1. The third-order valence-corrected chi connectivity index (χ3v) is 5.86. The molecule has 0 aliphatic heterocycles. The predicted molar refractivity (Wildman–Crippen MR) is 125 cm³/mol. The minimum Gasteiger partial charge on any atom is -0.508 e. The number of benzene rings is 3. The molecule has 0 fully saturated rings. The zero-order valence-corrected chi connectivity index (χ0v) is 18.0. The Kier molecular flexibility index (Phi) is 6.54. The van der Waals surface area contributed by atoms with Crippen LogP contribution in [0.25, 0.3) is 11.0 Å². The number of imidazole rings is 1. The first kappa shape index (κ1) is 21.0. The fraction of sp³-hybridized carbons (Fsp3) is 0.0870. The highest BCUT2D eigenvalue weighted by molar-refractivity contribution is 7.99. The Hall–Kier alpha value is -3.29. The average Bonchev–Trinajstić information content (AvgIpc) is 3.11. The van der Waals surface area contributed by atoms with Gasteiger partial charge < -0.3 is 9.67 Å². The normalized spacial score (nSPS) is 11.3. The highest BCUT2D eigenvalue weighted by Gasteiger charge is 2.14. The van der Waals surface area contributed by atoms with E-state index >= 15 is 0 Å². The quantitative estimate of drug-likeness (QED) is 0.243. The first-order valence-electron chi connectivity index (χ1n) is 9.52. The second-order valence-corrected chi connectivity index (χ2v) is 8.09. The second kappa shape index (κ2) is 9.68. The summed E-state index contributed by atoms with van der Waals surface area (Å²) in [5, 5.41) is 14.8. The highest BCUT2D eigenvalue weighted by Crippen LogP contribution is 2.27. The molecular formula is C23H19ClN4O2S. The number of carbonyl (C=O) groups is 1. The molecule has 2 N–H and O–H groups in total. The first-order valence-corrected chi connectivity index (χ1v) is 10.9. The summed E-state index contributed by atoms with van der Waals surface area (Å²) < 4.78 is 2.06. The maximum absolute atomic E-state index is 12.3. The Morgan fingerprint density at radius 1 is 1.13 bits per heavy atom. The molecule has 31 heavy (non-hydrogen) atoms. The minimum absolute atomic E-state index is 0.142. The molecular weight excluding hydrogens is 432 g/mol. The second-order valence-electron chi connectivity index (χ2n) is 6.74. The van der Waals surface area contributed by atoms with Gasteiger partial charge in [-0.2, -0.15) is 5.10 Å². The van der Waals surface area contributed by atoms with Crippen LogP contribution in [0.1, 0.15) is 11.1 Å². The molecule has 3 aromatic carbocycles. The van der Waals surface area contributed by atoms with Crippen LogP contribution in [0.2, 0.25) is 5.02 Å². The molecule has 8 heteroatoms. The van der Waals surface area contributed by atoms with E-state index in [1.165, 1.54) is 18.0 Å². The van der Waals surface area contributed by atoms with Gasteiger partial charge in [-0.3, -0.25) is 4.79 Å². The number of hydrazone groups is 1. The molecule has 0 bridgehead atoms. The first-order chi connectivity index (χ1) is 15.1. The molecule has 0 saturated heterocycles. The lowest BCUT2D eigenvalue weighted by molar-refractivity contribution is -0.118. The largest absolute Gasteiger partial charge is 0.508 e. The number of carbonyl (C=O) groups excluding carboxylic acids is 1. The molecule has 1 aromatic heterocycles. The van der Waals surface area contributed by atoms with Gasteiger partial charge in [-0.05, 0) is 41.5 Å². The Labute approximate surface area is 188 Å². The SMILES string of the molecule is O=C(CSc1nc2ccccc2n1Cc1ccccc1Cl)N/N=C/c1cccc(O)c1. The van der Waals surface area contributed by atoms with Crippen molar-refractivity contribution in [1.29, 1.82) is 0 Å². The van der Waals surface area contributed by atoms with Crippen LogP contribution in [-0.2, 0) is 11.3 Å². The van der Waals surface area contributed by atoms with Crippen LogP contribution in [0, 0.1) is 0 Å². The van der Waals surface area contributed by atoms with E-state index < -0.39 is 0 Å². The van der Waals surface area contributed by atoms with Crippen LogP contribution in [-0.4, -0.2) is 32.5 Å². The molecule has 0 radical (unpaired) electrons. The van der Waals surface area contributed by atoms with Crippen molar-refractivity contribution >= 4 is 46.5 Å². The number of amides is 1. The van der Waals surface area contributed by atoms with E-state index in [1.54, 1.807) is 24.3 Å². The van der Waals surface area contributed by atoms with Crippen LogP contribution in [0.3, 0.4) is 0 Å². The molecule has 0 atom stereocenters. The standard InChI is InChI=1S/C23H19ClN4O2S/c24-19-9-2-1-7-17(19)14-28-21-11-4-3-10-20(21)26-23(28)31-15-22(30)27-25-13-16-6-5-8-18(29)12-16/h1-13,29H,14-15H2,(H,27,30)/b25-13+. The molecule has 4 rings (SSSR count). The van der Waals surface area contributed by atoms with Gasteiger partial charge in [0.25, 0.3) is 5.91 Å². The lowest BCUT2D eigenvalue weighted by Crippen LogP contribution is -2.20. The maximum Gasteiger partial charge on any atom is 0.250 e. The summed E-state index contributed by atoms with van der Waals surface area (Å²) in [4.78, 5) is 16.9. The number of fused-ring (bicyclic) bond motifs is 1. The summed E-state index contributed by atoms with van der Waals surface area (Å²) in [5.74, 6) is 0.0458. The molecule has 0 unspecified atom stereocenters. The van der Waals surface area contributed by atoms with Crippen molar-refractivity contribution in [2.75, 3.05) is 5.75 Å². The number of phenols is 1. The number of para-hydroxylation sites is 2. The summed E-state index contributed by atoms with van der Waals surface area (Å²) in [6.07, 6.45) is 1.48. The molecule has 1 amide bonds. The molecule has 4 aromatic rings. The van der Waals surface area contributed by atoms with Gasteiger partial charge >= 0.3 is 0 Å². The molecule has 0 aliphatic carbocycles. The lowest BCUT2D eigenvalue weighted by Gasteiger charge is -2.10. The van der Waals surface area contributed by atoms with E-state index in [0.29, 0.717) is 17.1 Å². The van der Waals surface area contributed by atoms with Crippen LogP contribution in [0.5, 0.6) is 5.75 Å². The van der Waals surface area contributed by atoms with Gasteiger partial charge in [-0.25, -0.2) is 10.4 Å². The highest BCUT2D eigenvalue weighted by atomic mass is 35.5. The van der Waals surface area contributed by atoms with E-state index in [-0.39, 0.29) is 17.4 Å². The molecule has 0 saturated carbocycles. The van der Waals surface area contributed by atoms with E-state index in [2.05, 4.69) is 20.1 Å². The van der Waals surface area contributed by atoms with Crippen molar-refractivity contribution in [2.24, 2.45) is 5.10 Å². The predicted octanol–water partition coefficient (Wildman–Crippen LogP) is 4.69. The zero-order chi connectivity index (χ0) is 21.6. The molecule has 0 spiro atoms. The summed E-state index contributed by atoms with van der Waals surface area (Å²) in [5.41, 5.74) is 6.01. The fourth-order valence-corrected chi connectivity index (χ4v) is 4.06. The molecule has 156 valence electrons. The third-order valence-electron chi connectivity index (χ3n) is 4.51. The smallest absolute Gasteiger partial charge is 0.250 e. The number of halogens is 1. The molecule has 1 heterocycles.